The highest BCUT2D eigenvalue weighted by Gasteiger charge is 2.34. The normalized spacial score (nSPS) is 17.2. The Morgan fingerprint density at radius 2 is 2.24 bits per heavy atom. The van der Waals surface area contributed by atoms with Crippen molar-refractivity contribution >= 4 is 33.0 Å². The lowest BCUT2D eigenvalue weighted by molar-refractivity contribution is 0.0159. The monoisotopic (exact) mass is 305 g/mol. The number of carbonyl (C=O) groups is 1. The van der Waals surface area contributed by atoms with E-state index in [1.807, 2.05) is 6.07 Å². The number of carbonyl (C=O) groups excluding carboxylic acids is 1. The van der Waals surface area contributed by atoms with Crippen LogP contribution in [0.5, 0.6) is 0 Å². The highest BCUT2D eigenvalue weighted by Crippen LogP contribution is 2.35. The third kappa shape index (κ3) is 2.61. The molecule has 21 heavy (non-hydrogen) atoms. The van der Waals surface area contributed by atoms with E-state index < -0.39 is 5.60 Å². The fraction of sp³-hybridized carbons (Fsp3) is 0.467. The molecule has 0 aliphatic heterocycles. The van der Waals surface area contributed by atoms with Crippen molar-refractivity contribution in [3.8, 4) is 0 Å². The Balaban J connectivity index is 1.84. The molecule has 0 radical (unpaired) electrons. The molecule has 1 saturated carbocycles. The summed E-state index contributed by atoms with van der Waals surface area (Å²) in [4.78, 5) is 18.8. The predicted octanol–water partition coefficient (Wildman–Crippen LogP) is 2.26. The van der Waals surface area contributed by atoms with Crippen LogP contribution in [0.1, 0.15) is 35.4 Å². The summed E-state index contributed by atoms with van der Waals surface area (Å²) in [6.45, 7) is 0.359. The minimum absolute atomic E-state index is 0.131. The van der Waals surface area contributed by atoms with Crippen molar-refractivity contribution in [2.75, 3.05) is 19.3 Å². The first-order valence-corrected chi connectivity index (χ1v) is 7.92. The molecule has 0 saturated heterocycles. The quantitative estimate of drug-likeness (QED) is 0.911. The number of anilines is 1. The number of hydrogen-bond acceptors (Lipinski definition) is 5. The zero-order chi connectivity index (χ0) is 15.0. The van der Waals surface area contributed by atoms with Gasteiger partial charge in [-0.2, -0.15) is 0 Å². The molecule has 3 rings (SSSR count). The summed E-state index contributed by atoms with van der Waals surface area (Å²) >= 11 is 1.36. The Morgan fingerprint density at radius 1 is 1.52 bits per heavy atom. The molecule has 0 unspecified atom stereocenters. The minimum Gasteiger partial charge on any atom is -0.397 e. The fourth-order valence-corrected chi connectivity index (χ4v) is 4.09. The van der Waals surface area contributed by atoms with Crippen molar-refractivity contribution in [3.05, 3.63) is 23.3 Å². The second kappa shape index (κ2) is 5.27. The van der Waals surface area contributed by atoms with Crippen molar-refractivity contribution in [1.82, 2.24) is 9.88 Å². The number of aromatic nitrogens is 1. The molecule has 112 valence electrons. The van der Waals surface area contributed by atoms with Crippen LogP contribution in [-0.2, 0) is 0 Å². The molecule has 1 amide bonds. The van der Waals surface area contributed by atoms with Crippen molar-refractivity contribution < 1.29 is 9.90 Å². The first-order chi connectivity index (χ1) is 10.0. The van der Waals surface area contributed by atoms with Crippen LogP contribution < -0.4 is 5.73 Å². The van der Waals surface area contributed by atoms with E-state index in [1.54, 1.807) is 24.3 Å². The average Bonchev–Trinajstić information content (AvgIpc) is 3.03. The van der Waals surface area contributed by atoms with Crippen LogP contribution in [-0.4, -0.2) is 40.1 Å². The third-order valence-corrected chi connectivity index (χ3v) is 5.28. The molecular formula is C15H19N3O2S. The predicted molar refractivity (Wildman–Crippen MR) is 84.4 cm³/mol. The number of fused-ring (bicyclic) bond motifs is 1. The molecule has 2 aromatic heterocycles. The van der Waals surface area contributed by atoms with Gasteiger partial charge in [-0.05, 0) is 18.9 Å². The molecule has 0 aromatic carbocycles. The maximum Gasteiger partial charge on any atom is 0.265 e. The van der Waals surface area contributed by atoms with Gasteiger partial charge < -0.3 is 15.7 Å². The molecular weight excluding hydrogens is 286 g/mol. The smallest absolute Gasteiger partial charge is 0.265 e. The number of nitrogen functional groups attached to an aromatic ring is 1. The lowest BCUT2D eigenvalue weighted by Crippen LogP contribution is -2.41. The van der Waals surface area contributed by atoms with E-state index in [-0.39, 0.29) is 5.91 Å². The lowest BCUT2D eigenvalue weighted by atomic mass is 10.0. The van der Waals surface area contributed by atoms with Crippen LogP contribution in [0.3, 0.4) is 0 Å². The van der Waals surface area contributed by atoms with Gasteiger partial charge >= 0.3 is 0 Å². The molecule has 6 heteroatoms. The van der Waals surface area contributed by atoms with E-state index in [1.165, 1.54) is 11.3 Å². The molecule has 0 spiro atoms. The van der Waals surface area contributed by atoms with E-state index in [0.717, 1.165) is 35.8 Å². The van der Waals surface area contributed by atoms with Crippen LogP contribution in [0.4, 0.5) is 5.69 Å². The number of nitrogens with two attached hydrogens (primary N) is 1. The van der Waals surface area contributed by atoms with Gasteiger partial charge in [-0.3, -0.25) is 9.78 Å². The molecule has 1 aliphatic carbocycles. The number of thiophene rings is 1. The first kappa shape index (κ1) is 14.3. The summed E-state index contributed by atoms with van der Waals surface area (Å²) < 4.78 is 0.909. The summed E-state index contributed by atoms with van der Waals surface area (Å²) in [7, 11) is 1.72. The van der Waals surface area contributed by atoms with Gasteiger partial charge in [0.15, 0.2) is 0 Å². The van der Waals surface area contributed by atoms with Gasteiger partial charge in [0.1, 0.15) is 4.88 Å². The van der Waals surface area contributed by atoms with E-state index in [0.29, 0.717) is 17.1 Å². The number of likely N-dealkylation sites (N-methyl/N-ethyl adjacent to an activating group) is 1. The molecule has 5 nitrogen and oxygen atoms in total. The molecule has 0 atom stereocenters. The SMILES string of the molecule is CN(CC1(O)CCCC1)C(=O)c1sc2cnccc2c1N. The zero-order valence-corrected chi connectivity index (χ0v) is 12.8. The highest BCUT2D eigenvalue weighted by atomic mass is 32.1. The first-order valence-electron chi connectivity index (χ1n) is 7.10. The van der Waals surface area contributed by atoms with Crippen molar-refractivity contribution in [2.24, 2.45) is 0 Å². The third-order valence-electron chi connectivity index (χ3n) is 4.14. The largest absolute Gasteiger partial charge is 0.397 e. The second-order valence-electron chi connectivity index (χ2n) is 5.81. The second-order valence-corrected chi connectivity index (χ2v) is 6.86. The average molecular weight is 305 g/mol. The van der Waals surface area contributed by atoms with Gasteiger partial charge in [-0.25, -0.2) is 0 Å². The van der Waals surface area contributed by atoms with Gasteiger partial charge in [-0.1, -0.05) is 12.8 Å². The Kier molecular flexibility index (Phi) is 3.59. The summed E-state index contributed by atoms with van der Waals surface area (Å²) in [5, 5.41) is 11.3. The van der Waals surface area contributed by atoms with Gasteiger partial charge in [0.2, 0.25) is 0 Å². The maximum absolute atomic E-state index is 12.6. The molecule has 2 aromatic rings. The summed E-state index contributed by atoms with van der Waals surface area (Å²) in [6.07, 6.45) is 6.96. The van der Waals surface area contributed by atoms with Crippen LogP contribution in [0.2, 0.25) is 0 Å². The molecule has 0 bridgehead atoms. The van der Waals surface area contributed by atoms with Crippen LogP contribution in [0, 0.1) is 0 Å². The Morgan fingerprint density at radius 3 is 2.90 bits per heavy atom. The summed E-state index contributed by atoms with van der Waals surface area (Å²) in [5.41, 5.74) is 5.86. The standard InChI is InChI=1S/C15H19N3O2S/c1-18(9-15(20)5-2-3-6-15)14(19)13-12(16)10-4-7-17-8-11(10)21-13/h4,7-8,20H,2-3,5-6,9,16H2,1H3. The summed E-state index contributed by atoms with van der Waals surface area (Å²) in [5.74, 6) is -0.131. The van der Waals surface area contributed by atoms with E-state index in [9.17, 15) is 9.90 Å². The van der Waals surface area contributed by atoms with Crippen LogP contribution in [0.25, 0.3) is 10.1 Å². The molecule has 1 aliphatic rings. The van der Waals surface area contributed by atoms with E-state index >= 15 is 0 Å². The van der Waals surface area contributed by atoms with Crippen molar-refractivity contribution in [2.45, 2.75) is 31.3 Å². The number of hydrogen-bond donors (Lipinski definition) is 2. The van der Waals surface area contributed by atoms with E-state index in [4.69, 9.17) is 5.73 Å². The zero-order valence-electron chi connectivity index (χ0n) is 12.0. The van der Waals surface area contributed by atoms with Crippen LogP contribution in [0.15, 0.2) is 18.5 Å². The van der Waals surface area contributed by atoms with Gasteiger partial charge in [0, 0.05) is 31.4 Å². The number of aliphatic hydroxyl groups is 1. The summed E-state index contributed by atoms with van der Waals surface area (Å²) in [6, 6.07) is 1.82. The Hall–Kier alpha value is -1.66. The number of pyridine rings is 1. The van der Waals surface area contributed by atoms with Gasteiger partial charge in [0.25, 0.3) is 5.91 Å². The van der Waals surface area contributed by atoms with Crippen molar-refractivity contribution in [1.29, 1.82) is 0 Å². The molecule has 1 fully saturated rings. The number of nitrogens with zero attached hydrogens (tertiary/aromatic N) is 2. The molecule has 2 heterocycles. The minimum atomic E-state index is -0.739. The topological polar surface area (TPSA) is 79.5 Å². The Labute approximate surface area is 127 Å². The van der Waals surface area contributed by atoms with Crippen molar-refractivity contribution in [3.63, 3.8) is 0 Å². The van der Waals surface area contributed by atoms with Gasteiger partial charge in [-0.15, -0.1) is 11.3 Å². The highest BCUT2D eigenvalue weighted by molar-refractivity contribution is 7.21. The molecule has 3 N–H and O–H groups in total. The van der Waals surface area contributed by atoms with Gasteiger partial charge in [0.05, 0.1) is 16.0 Å². The Bertz CT molecular complexity index is 677. The number of amides is 1. The number of rotatable bonds is 3. The van der Waals surface area contributed by atoms with Crippen LogP contribution >= 0.6 is 11.3 Å². The fourth-order valence-electron chi connectivity index (χ4n) is 3.01. The van der Waals surface area contributed by atoms with E-state index in [2.05, 4.69) is 4.98 Å². The maximum atomic E-state index is 12.6. The lowest BCUT2D eigenvalue weighted by Gasteiger charge is -2.28.